The Balaban J connectivity index is 1.81. The van der Waals surface area contributed by atoms with Crippen molar-refractivity contribution < 1.29 is 4.42 Å². The van der Waals surface area contributed by atoms with Crippen molar-refractivity contribution in [3.05, 3.63) is 28.5 Å². The zero-order chi connectivity index (χ0) is 12.4. The summed E-state index contributed by atoms with van der Waals surface area (Å²) in [5, 5.41) is 3.26. The fourth-order valence-electron chi connectivity index (χ4n) is 2.01. The molecule has 0 radical (unpaired) electrons. The van der Waals surface area contributed by atoms with Crippen LogP contribution in [0.2, 0.25) is 0 Å². The molecule has 96 valence electrons. The number of nitrogens with one attached hydrogen (secondary N) is 1. The monoisotopic (exact) mass is 280 g/mol. The summed E-state index contributed by atoms with van der Waals surface area (Å²) in [6.07, 6.45) is 2.95. The summed E-state index contributed by atoms with van der Waals surface area (Å²) in [4.78, 5) is 7.22. The molecule has 0 saturated heterocycles. The molecule has 0 aliphatic carbocycles. The zero-order valence-corrected chi connectivity index (χ0v) is 12.0. The molecule has 2 aromatic heterocycles. The van der Waals surface area contributed by atoms with Gasteiger partial charge in [-0.2, -0.15) is 11.8 Å². The lowest BCUT2D eigenvalue weighted by Gasteiger charge is -2.08. The van der Waals surface area contributed by atoms with E-state index in [2.05, 4.69) is 23.3 Å². The van der Waals surface area contributed by atoms with Gasteiger partial charge in [-0.15, -0.1) is 11.3 Å². The molecule has 5 heteroatoms. The van der Waals surface area contributed by atoms with Crippen molar-refractivity contribution in [2.24, 2.45) is 0 Å². The Bertz CT molecular complexity index is 509. The number of hydrogen-bond donors (Lipinski definition) is 1. The Kier molecular flexibility index (Phi) is 3.72. The quantitative estimate of drug-likeness (QED) is 0.932. The first-order valence-electron chi connectivity index (χ1n) is 6.21. The number of hydrogen-bond acceptors (Lipinski definition) is 5. The van der Waals surface area contributed by atoms with Gasteiger partial charge in [-0.25, -0.2) is 4.98 Å². The fraction of sp³-hybridized carbons (Fsp3) is 0.462. The Labute approximate surface area is 115 Å². The molecule has 2 aromatic rings. The van der Waals surface area contributed by atoms with E-state index in [0.717, 1.165) is 30.4 Å². The van der Waals surface area contributed by atoms with Gasteiger partial charge in [0.2, 0.25) is 5.89 Å². The van der Waals surface area contributed by atoms with Gasteiger partial charge in [0.1, 0.15) is 6.26 Å². The Morgan fingerprint density at radius 2 is 2.44 bits per heavy atom. The van der Waals surface area contributed by atoms with Gasteiger partial charge in [0, 0.05) is 17.2 Å². The van der Waals surface area contributed by atoms with Gasteiger partial charge in [0.15, 0.2) is 0 Å². The SMILES string of the molecule is CCNCc1coc(-c2cc3c(s2)CCSC3)n1. The summed E-state index contributed by atoms with van der Waals surface area (Å²) in [6.45, 7) is 3.82. The topological polar surface area (TPSA) is 38.1 Å². The fourth-order valence-corrected chi connectivity index (χ4v) is 4.31. The summed E-state index contributed by atoms with van der Waals surface area (Å²) in [6, 6.07) is 2.25. The number of aromatic nitrogens is 1. The second kappa shape index (κ2) is 5.47. The highest BCUT2D eigenvalue weighted by atomic mass is 32.2. The molecule has 0 atom stereocenters. The number of oxazole rings is 1. The van der Waals surface area contributed by atoms with Crippen LogP contribution in [-0.4, -0.2) is 17.3 Å². The molecule has 1 aliphatic heterocycles. The maximum absolute atomic E-state index is 5.58. The van der Waals surface area contributed by atoms with Crippen molar-refractivity contribution in [3.63, 3.8) is 0 Å². The van der Waals surface area contributed by atoms with E-state index in [4.69, 9.17) is 4.42 Å². The van der Waals surface area contributed by atoms with Crippen molar-refractivity contribution >= 4 is 23.1 Å². The van der Waals surface area contributed by atoms with E-state index >= 15 is 0 Å². The van der Waals surface area contributed by atoms with Gasteiger partial charge < -0.3 is 9.73 Å². The molecule has 0 fully saturated rings. The minimum Gasteiger partial charge on any atom is -0.444 e. The van der Waals surface area contributed by atoms with Crippen LogP contribution < -0.4 is 5.32 Å². The summed E-state index contributed by atoms with van der Waals surface area (Å²) in [5.74, 6) is 3.15. The first-order valence-corrected chi connectivity index (χ1v) is 8.18. The van der Waals surface area contributed by atoms with Crippen molar-refractivity contribution in [1.82, 2.24) is 10.3 Å². The molecule has 1 N–H and O–H groups in total. The summed E-state index contributed by atoms with van der Waals surface area (Å²) in [5.41, 5.74) is 2.45. The van der Waals surface area contributed by atoms with E-state index < -0.39 is 0 Å². The Morgan fingerprint density at radius 1 is 1.50 bits per heavy atom. The standard InChI is InChI=1S/C13H16N2OS2/c1-2-14-6-10-7-16-13(15-10)12-5-9-8-17-4-3-11(9)18-12/h5,7,14H,2-4,6,8H2,1H3. The number of nitrogens with zero attached hydrogens (tertiary/aromatic N) is 1. The lowest BCUT2D eigenvalue weighted by atomic mass is 10.2. The molecule has 1 aliphatic rings. The Hall–Kier alpha value is -0.780. The molecule has 0 amide bonds. The first kappa shape index (κ1) is 12.3. The lowest BCUT2D eigenvalue weighted by Crippen LogP contribution is -2.11. The average Bonchev–Trinajstić information content (AvgIpc) is 3.02. The minimum absolute atomic E-state index is 0.771. The van der Waals surface area contributed by atoms with E-state index in [1.54, 1.807) is 6.26 Å². The summed E-state index contributed by atoms with van der Waals surface area (Å²) < 4.78 is 5.58. The molecule has 0 spiro atoms. The van der Waals surface area contributed by atoms with E-state index in [0.29, 0.717) is 0 Å². The molecule has 3 heterocycles. The van der Waals surface area contributed by atoms with Crippen molar-refractivity contribution in [2.45, 2.75) is 25.6 Å². The zero-order valence-electron chi connectivity index (χ0n) is 10.4. The lowest BCUT2D eigenvalue weighted by molar-refractivity contribution is 0.572. The second-order valence-electron chi connectivity index (χ2n) is 4.29. The highest BCUT2D eigenvalue weighted by molar-refractivity contribution is 7.98. The predicted molar refractivity (Wildman–Crippen MR) is 77.1 cm³/mol. The van der Waals surface area contributed by atoms with Crippen LogP contribution in [0.3, 0.4) is 0 Å². The number of rotatable bonds is 4. The van der Waals surface area contributed by atoms with Crippen LogP contribution in [0.4, 0.5) is 0 Å². The molecule has 0 saturated carbocycles. The third-order valence-electron chi connectivity index (χ3n) is 2.95. The van der Waals surface area contributed by atoms with Crippen LogP contribution in [0.5, 0.6) is 0 Å². The van der Waals surface area contributed by atoms with Crippen molar-refractivity contribution in [3.8, 4) is 10.8 Å². The summed E-state index contributed by atoms with van der Waals surface area (Å²) >= 11 is 3.84. The number of thioether (sulfide) groups is 1. The molecule has 18 heavy (non-hydrogen) atoms. The van der Waals surface area contributed by atoms with Crippen LogP contribution in [0.15, 0.2) is 16.7 Å². The van der Waals surface area contributed by atoms with Gasteiger partial charge in [0.25, 0.3) is 0 Å². The number of fused-ring (bicyclic) bond motifs is 1. The smallest absolute Gasteiger partial charge is 0.236 e. The van der Waals surface area contributed by atoms with Crippen LogP contribution >= 0.6 is 23.1 Å². The third-order valence-corrected chi connectivity index (χ3v) is 5.18. The average molecular weight is 280 g/mol. The van der Waals surface area contributed by atoms with Crippen LogP contribution in [0.25, 0.3) is 10.8 Å². The van der Waals surface area contributed by atoms with Gasteiger partial charge >= 0.3 is 0 Å². The van der Waals surface area contributed by atoms with E-state index in [1.807, 2.05) is 23.1 Å². The van der Waals surface area contributed by atoms with Crippen molar-refractivity contribution in [2.75, 3.05) is 12.3 Å². The first-order chi connectivity index (χ1) is 8.86. The molecule has 3 rings (SSSR count). The molecule has 0 unspecified atom stereocenters. The van der Waals surface area contributed by atoms with Gasteiger partial charge in [0.05, 0.1) is 10.6 Å². The van der Waals surface area contributed by atoms with E-state index in [-0.39, 0.29) is 0 Å². The minimum atomic E-state index is 0.771. The second-order valence-corrected chi connectivity index (χ2v) is 6.53. The van der Waals surface area contributed by atoms with E-state index in [1.165, 1.54) is 27.5 Å². The van der Waals surface area contributed by atoms with Gasteiger partial charge in [-0.1, -0.05) is 6.92 Å². The molecule has 0 bridgehead atoms. The molecular formula is C13H16N2OS2. The van der Waals surface area contributed by atoms with Gasteiger partial charge in [-0.3, -0.25) is 0 Å². The number of thiophene rings is 1. The van der Waals surface area contributed by atoms with Crippen LogP contribution in [0.1, 0.15) is 23.1 Å². The highest BCUT2D eigenvalue weighted by Gasteiger charge is 2.17. The normalized spacial score (nSPS) is 14.7. The Morgan fingerprint density at radius 3 is 3.28 bits per heavy atom. The van der Waals surface area contributed by atoms with Crippen LogP contribution in [0, 0.1) is 0 Å². The molecular weight excluding hydrogens is 264 g/mol. The summed E-state index contributed by atoms with van der Waals surface area (Å²) in [7, 11) is 0. The number of aryl methyl sites for hydroxylation is 1. The molecule has 3 nitrogen and oxygen atoms in total. The highest BCUT2D eigenvalue weighted by Crippen LogP contribution is 2.36. The predicted octanol–water partition coefficient (Wildman–Crippen LogP) is 3.30. The van der Waals surface area contributed by atoms with Crippen LogP contribution in [-0.2, 0) is 18.7 Å². The maximum atomic E-state index is 5.58. The van der Waals surface area contributed by atoms with Crippen molar-refractivity contribution in [1.29, 1.82) is 0 Å². The molecule has 0 aromatic carbocycles. The largest absolute Gasteiger partial charge is 0.444 e. The maximum Gasteiger partial charge on any atom is 0.236 e. The third kappa shape index (κ3) is 2.48. The van der Waals surface area contributed by atoms with E-state index in [9.17, 15) is 0 Å². The van der Waals surface area contributed by atoms with Gasteiger partial charge in [-0.05, 0) is 30.3 Å².